The number of carbonyl (C=O) groups is 3. The molecule has 2 aromatic rings. The van der Waals surface area contributed by atoms with Crippen LogP contribution in [0, 0.1) is 5.92 Å². The van der Waals surface area contributed by atoms with Gasteiger partial charge in [0, 0.05) is 49.4 Å². The van der Waals surface area contributed by atoms with Gasteiger partial charge in [-0.2, -0.15) is 0 Å². The van der Waals surface area contributed by atoms with Gasteiger partial charge >= 0.3 is 0 Å². The summed E-state index contributed by atoms with van der Waals surface area (Å²) < 4.78 is 6.23. The second-order valence-electron chi connectivity index (χ2n) is 10.0. The summed E-state index contributed by atoms with van der Waals surface area (Å²) in [5.41, 5.74) is 2.07. The fourth-order valence-corrected chi connectivity index (χ4v) is 4.69. The van der Waals surface area contributed by atoms with Crippen LogP contribution in [0.25, 0.3) is 11.3 Å². The molecule has 1 fully saturated rings. The van der Waals surface area contributed by atoms with Gasteiger partial charge in [-0.1, -0.05) is 26.0 Å². The molecule has 3 aliphatic rings. The van der Waals surface area contributed by atoms with Gasteiger partial charge in [0.2, 0.25) is 11.8 Å². The maximum absolute atomic E-state index is 13.3. The largest absolute Gasteiger partial charge is 0.489 e. The Bertz CT molecular complexity index is 1090. The van der Waals surface area contributed by atoms with Crippen molar-refractivity contribution in [1.82, 2.24) is 25.4 Å². The third-order valence-electron chi connectivity index (χ3n) is 6.50. The number of pyridine rings is 1. The molecule has 1 aromatic heterocycles. The van der Waals surface area contributed by atoms with E-state index in [4.69, 9.17) is 4.74 Å². The van der Waals surface area contributed by atoms with E-state index in [2.05, 4.69) is 15.6 Å². The van der Waals surface area contributed by atoms with Gasteiger partial charge in [-0.15, -0.1) is 0 Å². The summed E-state index contributed by atoms with van der Waals surface area (Å²) in [5.74, 6) is 0.686. The smallest absolute Gasteiger partial charge is 0.251 e. The standard InChI is InChI=1S/C27H35N5O4/c1-18(2)13-24(33)30-21-14-22-17-36-23-5-4-10-28-26(23)19-6-8-20(9-7-19)27(35)29-11-12-31(3)16-25(34)32(22)15-21/h4-10,18,21-22H,11-17H2,1-3H3,(H,29,35)(H,30,33)/t21-,22-/m0/s1. The Hall–Kier alpha value is -3.46. The van der Waals surface area contributed by atoms with Crippen molar-refractivity contribution in [3.05, 3.63) is 48.2 Å². The molecule has 4 heterocycles. The predicted octanol–water partition coefficient (Wildman–Crippen LogP) is 1.93. The van der Waals surface area contributed by atoms with Crippen molar-refractivity contribution < 1.29 is 19.1 Å². The number of fused-ring (bicyclic) bond motifs is 9. The van der Waals surface area contributed by atoms with Gasteiger partial charge < -0.3 is 20.3 Å². The number of nitrogens with one attached hydrogen (secondary N) is 2. The number of hydrogen-bond acceptors (Lipinski definition) is 6. The molecular weight excluding hydrogens is 458 g/mol. The lowest BCUT2D eigenvalue weighted by Gasteiger charge is -2.27. The summed E-state index contributed by atoms with van der Waals surface area (Å²) >= 11 is 0. The molecule has 0 radical (unpaired) electrons. The predicted molar refractivity (Wildman–Crippen MR) is 137 cm³/mol. The first kappa shape index (κ1) is 25.6. The van der Waals surface area contributed by atoms with Crippen LogP contribution < -0.4 is 15.4 Å². The van der Waals surface area contributed by atoms with Gasteiger partial charge in [-0.05, 0) is 43.7 Å². The average molecular weight is 494 g/mol. The first-order valence-electron chi connectivity index (χ1n) is 12.5. The summed E-state index contributed by atoms with van der Waals surface area (Å²) in [4.78, 5) is 46.4. The molecule has 0 unspecified atom stereocenters. The van der Waals surface area contributed by atoms with E-state index < -0.39 is 0 Å². The zero-order valence-electron chi connectivity index (χ0n) is 21.2. The van der Waals surface area contributed by atoms with E-state index in [1.165, 1.54) is 0 Å². The Kier molecular flexibility index (Phi) is 8.20. The molecular formula is C27H35N5O4. The molecule has 3 aliphatic heterocycles. The van der Waals surface area contributed by atoms with Crippen molar-refractivity contribution >= 4 is 17.7 Å². The Morgan fingerprint density at radius 3 is 2.69 bits per heavy atom. The fourth-order valence-electron chi connectivity index (χ4n) is 4.69. The van der Waals surface area contributed by atoms with Crippen LogP contribution in [0.1, 0.15) is 37.0 Å². The number of carbonyl (C=O) groups excluding carboxylic acids is 3. The summed E-state index contributed by atoms with van der Waals surface area (Å²) in [7, 11) is 1.86. The Balaban J connectivity index is 1.58. The van der Waals surface area contributed by atoms with Gasteiger partial charge in [0.05, 0.1) is 12.6 Å². The zero-order chi connectivity index (χ0) is 25.7. The molecule has 9 nitrogen and oxygen atoms in total. The summed E-state index contributed by atoms with van der Waals surface area (Å²) in [6.45, 7) is 5.94. The van der Waals surface area contributed by atoms with E-state index in [-0.39, 0.29) is 42.3 Å². The molecule has 0 saturated carbocycles. The van der Waals surface area contributed by atoms with Crippen LogP contribution >= 0.6 is 0 Å². The first-order valence-corrected chi connectivity index (χ1v) is 12.5. The van der Waals surface area contributed by atoms with Gasteiger partial charge in [0.25, 0.3) is 5.91 Å². The summed E-state index contributed by atoms with van der Waals surface area (Å²) in [6.07, 6.45) is 2.78. The van der Waals surface area contributed by atoms with Crippen molar-refractivity contribution in [2.75, 3.05) is 39.8 Å². The third-order valence-corrected chi connectivity index (χ3v) is 6.50. The minimum Gasteiger partial charge on any atom is -0.489 e. The monoisotopic (exact) mass is 493 g/mol. The van der Waals surface area contributed by atoms with Crippen molar-refractivity contribution in [3.63, 3.8) is 0 Å². The minimum atomic E-state index is -0.180. The number of hydrogen-bond donors (Lipinski definition) is 2. The van der Waals surface area contributed by atoms with Crippen molar-refractivity contribution in [1.29, 1.82) is 0 Å². The highest BCUT2D eigenvalue weighted by Gasteiger charge is 2.36. The first-order chi connectivity index (χ1) is 17.3. The van der Waals surface area contributed by atoms with Crippen LogP contribution in [0.2, 0.25) is 0 Å². The topological polar surface area (TPSA) is 104 Å². The van der Waals surface area contributed by atoms with E-state index >= 15 is 0 Å². The van der Waals surface area contributed by atoms with Gasteiger partial charge in [-0.3, -0.25) is 24.3 Å². The van der Waals surface area contributed by atoms with Crippen LogP contribution in [0.15, 0.2) is 42.6 Å². The van der Waals surface area contributed by atoms with E-state index in [1.54, 1.807) is 18.3 Å². The lowest BCUT2D eigenvalue weighted by atomic mass is 10.1. The summed E-state index contributed by atoms with van der Waals surface area (Å²) in [5, 5.41) is 6.01. The second kappa shape index (κ2) is 11.5. The maximum Gasteiger partial charge on any atom is 0.251 e. The Labute approximate surface area is 212 Å². The molecule has 192 valence electrons. The normalized spacial score (nSPS) is 21.4. The number of nitrogens with zero attached hydrogens (tertiary/aromatic N) is 3. The number of rotatable bonds is 3. The Morgan fingerprint density at radius 1 is 1.19 bits per heavy atom. The van der Waals surface area contributed by atoms with E-state index in [1.807, 2.05) is 55.0 Å². The van der Waals surface area contributed by atoms with Crippen molar-refractivity contribution in [2.24, 2.45) is 5.92 Å². The molecule has 0 spiro atoms. The van der Waals surface area contributed by atoms with Crippen LogP contribution in [0.3, 0.4) is 0 Å². The molecule has 3 amide bonds. The molecule has 1 saturated heterocycles. The molecule has 2 bridgehead atoms. The number of likely N-dealkylation sites (N-methyl/N-ethyl adjacent to an activating group) is 1. The number of aromatic nitrogens is 1. The number of amides is 3. The molecule has 5 rings (SSSR count). The molecule has 9 heteroatoms. The van der Waals surface area contributed by atoms with Gasteiger partial charge in [-0.25, -0.2) is 0 Å². The molecule has 0 aliphatic carbocycles. The van der Waals surface area contributed by atoms with E-state index in [9.17, 15) is 14.4 Å². The van der Waals surface area contributed by atoms with Crippen LogP contribution in [0.4, 0.5) is 0 Å². The zero-order valence-corrected chi connectivity index (χ0v) is 21.2. The van der Waals surface area contributed by atoms with Crippen LogP contribution in [0.5, 0.6) is 5.75 Å². The third kappa shape index (κ3) is 6.40. The van der Waals surface area contributed by atoms with Gasteiger partial charge in [0.1, 0.15) is 18.1 Å². The highest BCUT2D eigenvalue weighted by molar-refractivity contribution is 5.94. The van der Waals surface area contributed by atoms with Crippen LogP contribution in [-0.4, -0.2) is 84.4 Å². The minimum absolute atomic E-state index is 0.00396. The maximum atomic E-state index is 13.3. The average Bonchev–Trinajstić information content (AvgIpc) is 3.24. The molecule has 1 aromatic carbocycles. The lowest BCUT2D eigenvalue weighted by molar-refractivity contribution is -0.133. The fraction of sp³-hybridized carbons (Fsp3) is 0.481. The lowest BCUT2D eigenvalue weighted by Crippen LogP contribution is -2.46. The quantitative estimate of drug-likeness (QED) is 0.677. The van der Waals surface area contributed by atoms with Gasteiger partial charge in [0.15, 0.2) is 0 Å². The number of benzene rings is 1. The Morgan fingerprint density at radius 2 is 1.94 bits per heavy atom. The molecule has 2 atom stereocenters. The highest BCUT2D eigenvalue weighted by atomic mass is 16.5. The van der Waals surface area contributed by atoms with Crippen molar-refractivity contribution in [3.8, 4) is 17.0 Å². The molecule has 2 N–H and O–H groups in total. The van der Waals surface area contributed by atoms with Crippen LogP contribution in [-0.2, 0) is 9.59 Å². The molecule has 36 heavy (non-hydrogen) atoms. The van der Waals surface area contributed by atoms with E-state index in [0.29, 0.717) is 56.1 Å². The number of ether oxygens (including phenoxy) is 1. The van der Waals surface area contributed by atoms with E-state index in [0.717, 1.165) is 5.56 Å². The van der Waals surface area contributed by atoms with Crippen molar-refractivity contribution in [2.45, 2.75) is 38.8 Å². The SMILES string of the molecule is CC(C)CC(=O)N[C@H]1C[C@H]2COc3cccnc3-c3ccc(cc3)C(=O)NCCN(C)CC(=O)N2C1. The highest BCUT2D eigenvalue weighted by Crippen LogP contribution is 2.29. The second-order valence-corrected chi connectivity index (χ2v) is 10.0. The summed E-state index contributed by atoms with van der Waals surface area (Å²) in [6, 6.07) is 10.6.